The smallest absolute Gasteiger partial charge is 0.308 e. The van der Waals surface area contributed by atoms with Gasteiger partial charge in [-0.3, -0.25) is 14.4 Å². The van der Waals surface area contributed by atoms with Crippen LogP contribution in [-0.4, -0.2) is 24.9 Å². The highest BCUT2D eigenvalue weighted by molar-refractivity contribution is 6.09. The van der Waals surface area contributed by atoms with E-state index in [-0.39, 0.29) is 11.7 Å². The predicted molar refractivity (Wildman–Crippen MR) is 123 cm³/mol. The zero-order valence-corrected chi connectivity index (χ0v) is 17.6. The lowest BCUT2D eigenvalue weighted by Gasteiger charge is -2.12. The van der Waals surface area contributed by atoms with Crippen molar-refractivity contribution in [2.75, 3.05) is 17.7 Å². The van der Waals surface area contributed by atoms with Crippen molar-refractivity contribution >= 4 is 35.2 Å². The van der Waals surface area contributed by atoms with Crippen molar-refractivity contribution in [3.8, 4) is 11.5 Å². The summed E-state index contributed by atoms with van der Waals surface area (Å²) in [5.74, 6) is -0.225. The van der Waals surface area contributed by atoms with E-state index in [1.165, 1.54) is 19.1 Å². The molecule has 7 heteroatoms. The molecule has 0 fully saturated rings. The van der Waals surface area contributed by atoms with Gasteiger partial charge in [-0.1, -0.05) is 30.3 Å². The second-order valence-corrected chi connectivity index (χ2v) is 6.72. The summed E-state index contributed by atoms with van der Waals surface area (Å²) in [6, 6.07) is 20.4. The Morgan fingerprint density at radius 1 is 0.812 bits per heavy atom. The molecule has 162 valence electrons. The van der Waals surface area contributed by atoms with Gasteiger partial charge in [-0.2, -0.15) is 0 Å². The highest BCUT2D eigenvalue weighted by Gasteiger charge is 2.11. The van der Waals surface area contributed by atoms with Crippen molar-refractivity contribution in [1.29, 1.82) is 0 Å². The number of ether oxygens (including phenoxy) is 2. The van der Waals surface area contributed by atoms with Crippen LogP contribution >= 0.6 is 0 Å². The molecule has 0 heterocycles. The van der Waals surface area contributed by atoms with Crippen molar-refractivity contribution in [3.63, 3.8) is 0 Å². The highest BCUT2D eigenvalue weighted by atomic mass is 16.5. The molecule has 7 nitrogen and oxygen atoms in total. The molecule has 0 bridgehead atoms. The Hall–Kier alpha value is -4.39. The molecule has 32 heavy (non-hydrogen) atoms. The van der Waals surface area contributed by atoms with Crippen LogP contribution in [0.3, 0.4) is 0 Å². The van der Waals surface area contributed by atoms with Crippen LogP contribution < -0.4 is 20.1 Å². The van der Waals surface area contributed by atoms with Gasteiger partial charge in [-0.25, -0.2) is 0 Å². The molecule has 0 saturated carbocycles. The average molecular weight is 430 g/mol. The fourth-order valence-electron chi connectivity index (χ4n) is 2.82. The molecule has 3 rings (SSSR count). The van der Waals surface area contributed by atoms with Crippen LogP contribution in [0.15, 0.2) is 78.9 Å². The molecule has 3 aromatic rings. The predicted octanol–water partition coefficient (Wildman–Crippen LogP) is 4.52. The van der Waals surface area contributed by atoms with Gasteiger partial charge in [0.2, 0.25) is 5.91 Å². The molecule has 0 saturated heterocycles. The average Bonchev–Trinajstić information content (AvgIpc) is 2.79. The number of hydrogen-bond donors (Lipinski definition) is 2. The zero-order chi connectivity index (χ0) is 22.9. The number of esters is 1. The molecule has 2 N–H and O–H groups in total. The second kappa shape index (κ2) is 10.6. The van der Waals surface area contributed by atoms with E-state index in [1.54, 1.807) is 67.8 Å². The summed E-state index contributed by atoms with van der Waals surface area (Å²) in [6.07, 6.45) is 3.08. The Morgan fingerprint density at radius 2 is 1.50 bits per heavy atom. The summed E-state index contributed by atoms with van der Waals surface area (Å²) in [5, 5.41) is 5.53. The molecule has 0 spiro atoms. The summed E-state index contributed by atoms with van der Waals surface area (Å²) in [7, 11) is 1.59. The minimum absolute atomic E-state index is 0.274. The number of anilines is 2. The first-order valence-electron chi connectivity index (χ1n) is 9.76. The summed E-state index contributed by atoms with van der Waals surface area (Å²) in [5.41, 5.74) is 2.03. The highest BCUT2D eigenvalue weighted by Crippen LogP contribution is 2.23. The Kier molecular flexibility index (Phi) is 7.37. The maximum absolute atomic E-state index is 12.7. The first kappa shape index (κ1) is 22.3. The Balaban J connectivity index is 1.68. The molecule has 0 aliphatic heterocycles. The van der Waals surface area contributed by atoms with E-state index in [2.05, 4.69) is 10.6 Å². The minimum atomic E-state index is -0.474. The van der Waals surface area contributed by atoms with Gasteiger partial charge in [0.15, 0.2) is 0 Å². The summed E-state index contributed by atoms with van der Waals surface area (Å²) >= 11 is 0. The van der Waals surface area contributed by atoms with Crippen LogP contribution in [0.4, 0.5) is 11.4 Å². The van der Waals surface area contributed by atoms with E-state index in [4.69, 9.17) is 9.47 Å². The normalized spacial score (nSPS) is 10.4. The van der Waals surface area contributed by atoms with E-state index in [0.717, 1.165) is 11.3 Å². The van der Waals surface area contributed by atoms with E-state index < -0.39 is 11.9 Å². The lowest BCUT2D eigenvalue weighted by Crippen LogP contribution is -2.15. The van der Waals surface area contributed by atoms with E-state index in [0.29, 0.717) is 16.9 Å². The van der Waals surface area contributed by atoms with Crippen LogP contribution in [-0.2, 0) is 9.59 Å². The van der Waals surface area contributed by atoms with Crippen LogP contribution in [0.5, 0.6) is 11.5 Å². The van der Waals surface area contributed by atoms with Crippen molar-refractivity contribution < 1.29 is 23.9 Å². The quantitative estimate of drug-likeness (QED) is 0.326. The van der Waals surface area contributed by atoms with Crippen molar-refractivity contribution in [3.05, 3.63) is 90.0 Å². The third-order valence-electron chi connectivity index (χ3n) is 4.33. The number of methoxy groups -OCH3 is 1. The zero-order valence-electron chi connectivity index (χ0n) is 17.6. The Morgan fingerprint density at radius 3 is 2.16 bits per heavy atom. The molecule has 2 amide bonds. The topological polar surface area (TPSA) is 93.7 Å². The Bertz CT molecular complexity index is 1150. The van der Waals surface area contributed by atoms with Gasteiger partial charge >= 0.3 is 5.97 Å². The number of nitrogens with one attached hydrogen (secondary N) is 2. The third-order valence-corrected chi connectivity index (χ3v) is 4.33. The lowest BCUT2D eigenvalue weighted by atomic mass is 10.2. The second-order valence-electron chi connectivity index (χ2n) is 6.72. The van der Waals surface area contributed by atoms with Crippen LogP contribution in [0, 0.1) is 0 Å². The van der Waals surface area contributed by atoms with Gasteiger partial charge in [0.05, 0.1) is 18.5 Å². The molecule has 0 aliphatic carbocycles. The van der Waals surface area contributed by atoms with Gasteiger partial charge in [0, 0.05) is 18.6 Å². The Labute approximate surface area is 185 Å². The first-order valence-corrected chi connectivity index (χ1v) is 9.76. The minimum Gasteiger partial charge on any atom is -0.497 e. The van der Waals surface area contributed by atoms with Gasteiger partial charge < -0.3 is 20.1 Å². The monoisotopic (exact) mass is 430 g/mol. The molecular formula is C25H22N2O5. The number of para-hydroxylation sites is 2. The van der Waals surface area contributed by atoms with Crippen molar-refractivity contribution in [2.24, 2.45) is 0 Å². The third kappa shape index (κ3) is 6.30. The van der Waals surface area contributed by atoms with E-state index in [9.17, 15) is 14.4 Å². The van der Waals surface area contributed by atoms with Gasteiger partial charge in [0.1, 0.15) is 11.5 Å². The molecule has 0 aromatic heterocycles. The maximum Gasteiger partial charge on any atom is 0.308 e. The van der Waals surface area contributed by atoms with Gasteiger partial charge in [-0.15, -0.1) is 0 Å². The molecule has 0 radical (unpaired) electrons. The van der Waals surface area contributed by atoms with E-state index >= 15 is 0 Å². The number of amides is 2. The molecule has 0 atom stereocenters. The summed E-state index contributed by atoms with van der Waals surface area (Å²) < 4.78 is 10.1. The number of carbonyl (C=O) groups is 3. The van der Waals surface area contributed by atoms with E-state index in [1.807, 2.05) is 12.1 Å². The van der Waals surface area contributed by atoms with Crippen molar-refractivity contribution in [2.45, 2.75) is 6.92 Å². The largest absolute Gasteiger partial charge is 0.497 e. The molecule has 0 aliphatic rings. The van der Waals surface area contributed by atoms with Crippen molar-refractivity contribution in [1.82, 2.24) is 0 Å². The number of rotatable bonds is 7. The lowest BCUT2D eigenvalue weighted by molar-refractivity contribution is -0.131. The van der Waals surface area contributed by atoms with Crippen LogP contribution in [0.2, 0.25) is 0 Å². The standard InChI is InChI=1S/C25H22N2O5/c1-17(28)32-21-7-5-6-19(16-21)25(30)27-23-9-4-3-8-22(23)26-24(29)15-12-18-10-13-20(31-2)14-11-18/h3-16H,1-2H3,(H,26,29)(H,27,30)/b15-12+. The number of carbonyl (C=O) groups excluding carboxylic acids is 3. The van der Waals surface area contributed by atoms with Crippen LogP contribution in [0.1, 0.15) is 22.8 Å². The fourth-order valence-corrected chi connectivity index (χ4v) is 2.82. The maximum atomic E-state index is 12.7. The molecular weight excluding hydrogens is 408 g/mol. The van der Waals surface area contributed by atoms with Gasteiger partial charge in [0.25, 0.3) is 5.91 Å². The van der Waals surface area contributed by atoms with Gasteiger partial charge in [-0.05, 0) is 54.1 Å². The number of hydrogen-bond acceptors (Lipinski definition) is 5. The fraction of sp³-hybridized carbons (Fsp3) is 0.0800. The molecule has 3 aromatic carbocycles. The number of benzene rings is 3. The molecule has 0 unspecified atom stereocenters. The summed E-state index contributed by atoms with van der Waals surface area (Å²) in [4.78, 5) is 36.2. The SMILES string of the molecule is COc1ccc(/C=C/C(=O)Nc2ccccc2NC(=O)c2cccc(OC(C)=O)c2)cc1. The summed E-state index contributed by atoms with van der Waals surface area (Å²) in [6.45, 7) is 1.29. The van der Waals surface area contributed by atoms with Crippen LogP contribution in [0.25, 0.3) is 6.08 Å². The first-order chi connectivity index (χ1) is 15.4.